The molecule has 0 unspecified atom stereocenters. The smallest absolute Gasteiger partial charge is 0.408 e. The summed E-state index contributed by atoms with van der Waals surface area (Å²) in [6.45, 7) is 0. The Labute approximate surface area is 237 Å². The molecule has 0 atom stereocenters. The predicted molar refractivity (Wildman–Crippen MR) is 136 cm³/mol. The average molecular weight is 666 g/mol. The van der Waals surface area contributed by atoms with Crippen molar-refractivity contribution >= 4 is 103 Å². The summed E-state index contributed by atoms with van der Waals surface area (Å²) in [6.07, 6.45) is 0. The maximum atomic E-state index is 4.92. The molecule has 1 radical (unpaired) electrons. The second kappa shape index (κ2) is 11.9. The van der Waals surface area contributed by atoms with Crippen molar-refractivity contribution in [3.05, 3.63) is 72.8 Å². The molecule has 31 heavy (non-hydrogen) atoms. The Hall–Kier alpha value is -0.763. The molecule has 0 aliphatic heterocycles. The molecule has 3 aromatic heterocycles. The summed E-state index contributed by atoms with van der Waals surface area (Å²) in [5.41, 5.74) is 3.03. The van der Waals surface area contributed by atoms with Gasteiger partial charge in [-0.3, -0.25) is 15.0 Å². The molecule has 0 aliphatic rings. The Morgan fingerprint density at radius 1 is 0.452 bits per heavy atom. The van der Waals surface area contributed by atoms with Crippen LogP contribution in [-0.4, -0.2) is 15.0 Å². The van der Waals surface area contributed by atoms with E-state index in [4.69, 9.17) is 37.9 Å². The molecule has 0 saturated heterocycles. The molecule has 159 valence electrons. The summed E-state index contributed by atoms with van der Waals surface area (Å²) in [6, 6.07) is 23.9. The van der Waals surface area contributed by atoms with Crippen LogP contribution in [0, 0.1) is 37.3 Å². The maximum Gasteiger partial charge on any atom is 3.00 e. The van der Waals surface area contributed by atoms with Gasteiger partial charge in [0.15, 0.2) is 0 Å². The van der Waals surface area contributed by atoms with Gasteiger partial charge in [0.2, 0.25) is 0 Å². The minimum absolute atomic E-state index is 0. The summed E-state index contributed by atoms with van der Waals surface area (Å²) >= 11 is 19.4. The van der Waals surface area contributed by atoms with E-state index in [1.807, 2.05) is 72.8 Å². The van der Waals surface area contributed by atoms with Crippen molar-refractivity contribution in [2.45, 2.75) is 13.0 Å². The van der Waals surface area contributed by atoms with E-state index in [1.165, 1.54) is 14.1 Å². The first-order valence-electron chi connectivity index (χ1n) is 8.66. The van der Waals surface area contributed by atoms with E-state index in [0.29, 0.717) is 0 Å². The largest absolute Gasteiger partial charge is 3.00 e. The van der Waals surface area contributed by atoms with Crippen LogP contribution >= 0.6 is 34.0 Å². The molecule has 0 bridgehead atoms. The van der Waals surface area contributed by atoms with Crippen molar-refractivity contribution in [2.24, 2.45) is 0 Å². The fourth-order valence-electron chi connectivity index (χ4n) is 2.55. The number of nitrogens with zero attached hydrogens (tertiary/aromatic N) is 3. The van der Waals surface area contributed by atoms with Gasteiger partial charge in [-0.15, -0.1) is 0 Å². The monoisotopic (exact) mass is 664 g/mol. The van der Waals surface area contributed by atoms with Crippen molar-refractivity contribution in [1.29, 1.82) is 0 Å². The number of hydrogen-bond donors (Lipinski definition) is 0. The van der Waals surface area contributed by atoms with Crippen LogP contribution in [0.4, 0.5) is 0 Å². The van der Waals surface area contributed by atoms with E-state index in [1.54, 1.807) is 34.0 Å². The molecule has 0 N–H and O–H groups in total. The van der Waals surface area contributed by atoms with E-state index in [-0.39, 0.29) is 37.3 Å². The van der Waals surface area contributed by atoms with Crippen LogP contribution in [0.15, 0.2) is 85.8 Å². The van der Waals surface area contributed by atoms with E-state index in [9.17, 15) is 0 Å². The molecule has 0 saturated carbocycles. The zero-order valence-corrected chi connectivity index (χ0v) is 22.3. The predicted octanol–water partition coefficient (Wildman–Crippen LogP) is 6.61. The van der Waals surface area contributed by atoms with Gasteiger partial charge in [-0.05, 0) is 45.3 Å². The first-order valence-corrected chi connectivity index (χ1v) is 12.3. The molecule has 0 amide bonds. The molecular weight excluding hydrogens is 654 g/mol. The quantitative estimate of drug-likeness (QED) is 0.170. The molecular formula is C21H12ErN3S6. The van der Waals surface area contributed by atoms with Crippen LogP contribution in [0.5, 0.6) is 0 Å². The van der Waals surface area contributed by atoms with Crippen LogP contribution < -0.4 is 0 Å². The Morgan fingerprint density at radius 2 is 0.710 bits per heavy atom. The minimum Gasteiger partial charge on any atom is -0.408 e. The first kappa shape index (κ1) is 24.9. The van der Waals surface area contributed by atoms with Gasteiger partial charge in [-0.2, -0.15) is 0 Å². The van der Waals surface area contributed by atoms with Crippen LogP contribution in [-0.2, 0) is 37.9 Å². The average Bonchev–Trinajstić information content (AvgIpc) is 3.41. The van der Waals surface area contributed by atoms with Crippen molar-refractivity contribution < 1.29 is 37.3 Å². The first-order chi connectivity index (χ1) is 14.6. The Morgan fingerprint density at radius 3 is 0.968 bits per heavy atom. The van der Waals surface area contributed by atoms with E-state index < -0.39 is 0 Å². The fraction of sp³-hybridized carbons (Fsp3) is 0. The van der Waals surface area contributed by atoms with E-state index >= 15 is 0 Å². The number of para-hydroxylation sites is 3. The van der Waals surface area contributed by atoms with Gasteiger partial charge >= 0.3 is 37.3 Å². The van der Waals surface area contributed by atoms with Crippen molar-refractivity contribution in [3.63, 3.8) is 0 Å². The van der Waals surface area contributed by atoms with Crippen LogP contribution in [0.3, 0.4) is 0 Å². The normalized spacial score (nSPS) is 10.1. The zero-order chi connectivity index (χ0) is 20.9. The van der Waals surface area contributed by atoms with Gasteiger partial charge < -0.3 is 71.9 Å². The Balaban J connectivity index is 0.000000130. The van der Waals surface area contributed by atoms with Crippen LogP contribution in [0.2, 0.25) is 0 Å². The molecule has 0 fully saturated rings. The minimum atomic E-state index is 0. The standard InChI is InChI=1S/3C7H5NS2.Er/c3*9-7-8-5-3-1-2-4-6(5)10-7;/h3*1-4H,(H,8,9);/q;;;+3/p-3. The number of fused-ring (bicyclic) bond motifs is 3. The Bertz CT molecular complexity index is 1140. The topological polar surface area (TPSA) is 38.7 Å². The summed E-state index contributed by atoms with van der Waals surface area (Å²) < 4.78 is 5.69. The number of benzene rings is 3. The second-order valence-corrected chi connectivity index (χ2v) is 10.9. The third-order valence-corrected chi connectivity index (χ3v) is 7.34. The third kappa shape index (κ3) is 6.86. The van der Waals surface area contributed by atoms with Crippen molar-refractivity contribution in [3.8, 4) is 0 Å². The SMILES string of the molecule is [Er+3].[S-]c1nc2ccccc2s1.[S-]c1nc2ccccc2s1.[S-]c1nc2ccccc2s1. The maximum absolute atomic E-state index is 4.92. The van der Waals surface area contributed by atoms with Gasteiger partial charge in [0.25, 0.3) is 0 Å². The third-order valence-electron chi connectivity index (χ3n) is 3.82. The van der Waals surface area contributed by atoms with Gasteiger partial charge in [0.1, 0.15) is 0 Å². The zero-order valence-electron chi connectivity index (χ0n) is 15.5. The number of aromatic nitrogens is 3. The van der Waals surface area contributed by atoms with Crippen LogP contribution in [0.25, 0.3) is 30.6 Å². The van der Waals surface area contributed by atoms with Gasteiger partial charge in [0, 0.05) is 0 Å². The molecule has 0 spiro atoms. The van der Waals surface area contributed by atoms with E-state index in [2.05, 4.69) is 15.0 Å². The Kier molecular flexibility index (Phi) is 9.56. The molecule has 3 aromatic carbocycles. The van der Waals surface area contributed by atoms with E-state index in [0.717, 1.165) is 29.6 Å². The number of rotatable bonds is 0. The van der Waals surface area contributed by atoms with Crippen LogP contribution in [0.1, 0.15) is 0 Å². The molecule has 10 heteroatoms. The van der Waals surface area contributed by atoms with Crippen molar-refractivity contribution in [1.82, 2.24) is 15.0 Å². The summed E-state index contributed by atoms with van der Waals surface area (Å²) in [4.78, 5) is 12.4. The molecule has 0 aliphatic carbocycles. The molecule has 6 rings (SSSR count). The molecule has 3 nitrogen and oxygen atoms in total. The number of thiazole rings is 3. The molecule has 3 heterocycles. The summed E-state index contributed by atoms with van der Waals surface area (Å²) in [5, 5.41) is 0. The summed E-state index contributed by atoms with van der Waals surface area (Å²) in [7, 11) is 0. The van der Waals surface area contributed by atoms with Gasteiger partial charge in [0.05, 0.1) is 16.6 Å². The van der Waals surface area contributed by atoms with Crippen molar-refractivity contribution in [2.75, 3.05) is 0 Å². The summed E-state index contributed by atoms with van der Waals surface area (Å²) in [5.74, 6) is 0. The van der Waals surface area contributed by atoms with Gasteiger partial charge in [-0.25, -0.2) is 0 Å². The second-order valence-electron chi connectivity index (χ2n) is 5.84. The number of hydrogen-bond acceptors (Lipinski definition) is 9. The fourth-order valence-corrected chi connectivity index (χ4v) is 5.75. The van der Waals surface area contributed by atoms with Gasteiger partial charge in [-0.1, -0.05) is 54.6 Å². The molecule has 6 aromatic rings.